The fourth-order valence-corrected chi connectivity index (χ4v) is 3.15. The van der Waals surface area contributed by atoms with E-state index >= 15 is 0 Å². The van der Waals surface area contributed by atoms with Crippen LogP contribution in [0.15, 0.2) is 0 Å². The van der Waals surface area contributed by atoms with Crippen molar-refractivity contribution in [1.82, 2.24) is 10.6 Å². The molecule has 1 aliphatic carbocycles. The largest absolute Gasteiger partial charge is 0.368 e. The molecule has 0 radical (unpaired) electrons. The summed E-state index contributed by atoms with van der Waals surface area (Å²) >= 11 is 0. The van der Waals surface area contributed by atoms with Crippen LogP contribution < -0.4 is 16.4 Å². The van der Waals surface area contributed by atoms with Gasteiger partial charge in [0.1, 0.15) is 6.04 Å². The number of halogens is 1. The second-order valence-electron chi connectivity index (χ2n) is 7.08. The van der Waals surface area contributed by atoms with Gasteiger partial charge in [-0.2, -0.15) is 0 Å². The molecule has 2 rings (SSSR count). The lowest BCUT2D eigenvalue weighted by atomic mass is 9.85. The molecule has 2 aliphatic rings. The van der Waals surface area contributed by atoms with Gasteiger partial charge in [-0.25, -0.2) is 0 Å². The molecule has 1 saturated heterocycles. The number of amides is 2. The van der Waals surface area contributed by atoms with Gasteiger partial charge in [0.05, 0.1) is 0 Å². The van der Waals surface area contributed by atoms with Gasteiger partial charge in [-0.05, 0) is 43.2 Å². The minimum Gasteiger partial charge on any atom is -0.368 e. The Bertz CT molecular complexity index is 386. The topological polar surface area (TPSA) is 84.2 Å². The third kappa shape index (κ3) is 3.44. The van der Waals surface area contributed by atoms with Gasteiger partial charge in [-0.3, -0.25) is 9.59 Å². The normalized spacial score (nSPS) is 25.4. The van der Waals surface area contributed by atoms with Crippen LogP contribution in [0, 0.1) is 16.7 Å². The number of nitrogens with two attached hydrogens (primary N) is 1. The fourth-order valence-electron chi connectivity index (χ4n) is 3.15. The summed E-state index contributed by atoms with van der Waals surface area (Å²) in [6.07, 6.45) is 3.07. The lowest BCUT2D eigenvalue weighted by molar-refractivity contribution is -0.131. The highest BCUT2D eigenvalue weighted by molar-refractivity contribution is 5.89. The SMILES string of the molecule is CC(C)(C)[C@H](NC(=O)C1CC12CCNCC2)C(N)=O.Cl. The van der Waals surface area contributed by atoms with E-state index in [0.717, 1.165) is 32.4 Å². The van der Waals surface area contributed by atoms with E-state index in [2.05, 4.69) is 10.6 Å². The first-order valence-electron chi connectivity index (χ1n) is 7.07. The number of carbonyl (C=O) groups is 2. The Morgan fingerprint density at radius 1 is 1.30 bits per heavy atom. The smallest absolute Gasteiger partial charge is 0.240 e. The number of hydrogen-bond donors (Lipinski definition) is 3. The van der Waals surface area contributed by atoms with Gasteiger partial charge < -0.3 is 16.4 Å². The third-order valence-electron chi connectivity index (χ3n) is 4.54. The first kappa shape index (κ1) is 17.2. The lowest BCUT2D eigenvalue weighted by Gasteiger charge is -2.29. The maximum absolute atomic E-state index is 12.3. The minimum atomic E-state index is -0.598. The number of carbonyl (C=O) groups excluding carboxylic acids is 2. The molecular formula is C14H26ClN3O2. The summed E-state index contributed by atoms with van der Waals surface area (Å²) in [6.45, 7) is 7.71. The second-order valence-corrected chi connectivity index (χ2v) is 7.08. The molecule has 1 aliphatic heterocycles. The van der Waals surface area contributed by atoms with E-state index in [1.54, 1.807) is 0 Å². The van der Waals surface area contributed by atoms with Crippen molar-refractivity contribution in [2.24, 2.45) is 22.5 Å². The molecule has 116 valence electrons. The van der Waals surface area contributed by atoms with Gasteiger partial charge >= 0.3 is 0 Å². The van der Waals surface area contributed by atoms with Crippen LogP contribution in [0.5, 0.6) is 0 Å². The highest BCUT2D eigenvalue weighted by atomic mass is 35.5. The average molecular weight is 304 g/mol. The highest BCUT2D eigenvalue weighted by Crippen LogP contribution is 2.58. The maximum atomic E-state index is 12.3. The Kier molecular flexibility index (Phi) is 5.08. The average Bonchev–Trinajstić information content (AvgIpc) is 2.98. The van der Waals surface area contributed by atoms with Gasteiger partial charge in [0.25, 0.3) is 0 Å². The molecule has 2 fully saturated rings. The Hall–Kier alpha value is -0.810. The fraction of sp³-hybridized carbons (Fsp3) is 0.857. The van der Waals surface area contributed by atoms with E-state index in [0.29, 0.717) is 0 Å². The van der Waals surface area contributed by atoms with E-state index < -0.39 is 11.9 Å². The quantitative estimate of drug-likeness (QED) is 0.721. The monoisotopic (exact) mass is 303 g/mol. The highest BCUT2D eigenvalue weighted by Gasteiger charge is 2.58. The molecule has 0 aromatic heterocycles. The molecule has 5 nitrogen and oxygen atoms in total. The predicted molar refractivity (Wildman–Crippen MR) is 80.5 cm³/mol. The van der Waals surface area contributed by atoms with Gasteiger partial charge in [-0.1, -0.05) is 20.8 Å². The van der Waals surface area contributed by atoms with Crippen molar-refractivity contribution in [1.29, 1.82) is 0 Å². The standard InChI is InChI=1S/C14H25N3O2.ClH/c1-13(2,3)10(11(15)18)17-12(19)9-8-14(9)4-6-16-7-5-14;/h9-10,16H,4-8H2,1-3H3,(H2,15,18)(H,17,19);1H/t9?,10-;/m1./s1. The molecule has 20 heavy (non-hydrogen) atoms. The van der Waals surface area contributed by atoms with Crippen molar-refractivity contribution in [3.05, 3.63) is 0 Å². The molecule has 0 aromatic carbocycles. The molecular weight excluding hydrogens is 278 g/mol. The van der Waals surface area contributed by atoms with Crippen LogP contribution in [0.25, 0.3) is 0 Å². The maximum Gasteiger partial charge on any atom is 0.240 e. The Balaban J connectivity index is 0.00000200. The van der Waals surface area contributed by atoms with Crippen molar-refractivity contribution < 1.29 is 9.59 Å². The molecule has 0 bridgehead atoms. The van der Waals surface area contributed by atoms with Crippen LogP contribution in [-0.4, -0.2) is 30.9 Å². The first-order chi connectivity index (χ1) is 8.76. The van der Waals surface area contributed by atoms with Gasteiger partial charge in [0.2, 0.25) is 11.8 Å². The summed E-state index contributed by atoms with van der Waals surface area (Å²) in [7, 11) is 0. The van der Waals surface area contributed by atoms with E-state index in [9.17, 15) is 9.59 Å². The van der Waals surface area contributed by atoms with Crippen LogP contribution in [-0.2, 0) is 9.59 Å². The molecule has 2 amide bonds. The molecule has 6 heteroatoms. The molecule has 2 atom stereocenters. The van der Waals surface area contributed by atoms with Crippen molar-refractivity contribution >= 4 is 24.2 Å². The number of hydrogen-bond acceptors (Lipinski definition) is 3. The van der Waals surface area contributed by atoms with E-state index in [-0.39, 0.29) is 35.1 Å². The zero-order valence-corrected chi connectivity index (χ0v) is 13.3. The van der Waals surface area contributed by atoms with Crippen molar-refractivity contribution in [3.63, 3.8) is 0 Å². The first-order valence-corrected chi connectivity index (χ1v) is 7.07. The third-order valence-corrected chi connectivity index (χ3v) is 4.54. The van der Waals surface area contributed by atoms with E-state index in [1.807, 2.05) is 20.8 Å². The second kappa shape index (κ2) is 5.90. The minimum absolute atomic E-state index is 0. The van der Waals surface area contributed by atoms with Crippen LogP contribution in [0.4, 0.5) is 0 Å². The zero-order chi connectivity index (χ0) is 14.3. The molecule has 0 aromatic rings. The van der Waals surface area contributed by atoms with Crippen LogP contribution >= 0.6 is 12.4 Å². The lowest BCUT2D eigenvalue weighted by Crippen LogP contribution is -2.52. The van der Waals surface area contributed by atoms with Crippen LogP contribution in [0.3, 0.4) is 0 Å². The van der Waals surface area contributed by atoms with E-state index in [4.69, 9.17) is 5.73 Å². The van der Waals surface area contributed by atoms with Gasteiger partial charge in [-0.15, -0.1) is 12.4 Å². The van der Waals surface area contributed by atoms with Crippen molar-refractivity contribution in [3.8, 4) is 0 Å². The van der Waals surface area contributed by atoms with Crippen LogP contribution in [0.1, 0.15) is 40.0 Å². The molecule has 1 saturated carbocycles. The summed E-state index contributed by atoms with van der Waals surface area (Å²) in [5, 5.41) is 6.17. The Morgan fingerprint density at radius 2 is 1.85 bits per heavy atom. The zero-order valence-electron chi connectivity index (χ0n) is 12.5. The molecule has 1 spiro atoms. The summed E-state index contributed by atoms with van der Waals surface area (Å²) in [4.78, 5) is 23.8. The van der Waals surface area contributed by atoms with Gasteiger partial charge in [0.15, 0.2) is 0 Å². The Labute approximate surface area is 126 Å². The number of rotatable bonds is 3. The van der Waals surface area contributed by atoms with E-state index in [1.165, 1.54) is 0 Å². The molecule has 1 unspecified atom stereocenters. The van der Waals surface area contributed by atoms with Crippen molar-refractivity contribution in [2.45, 2.75) is 46.1 Å². The summed E-state index contributed by atoms with van der Waals surface area (Å²) < 4.78 is 0. The molecule has 4 N–H and O–H groups in total. The van der Waals surface area contributed by atoms with Crippen LogP contribution in [0.2, 0.25) is 0 Å². The van der Waals surface area contributed by atoms with Gasteiger partial charge in [0, 0.05) is 5.92 Å². The molecule has 1 heterocycles. The summed E-state index contributed by atoms with van der Waals surface area (Å²) in [6, 6.07) is -0.598. The number of piperidine rings is 1. The van der Waals surface area contributed by atoms with Crippen molar-refractivity contribution in [2.75, 3.05) is 13.1 Å². The number of primary amides is 1. The predicted octanol–water partition coefficient (Wildman–Crippen LogP) is 0.814. The summed E-state index contributed by atoms with van der Waals surface area (Å²) in [5.74, 6) is -0.389. The number of nitrogens with one attached hydrogen (secondary N) is 2. The Morgan fingerprint density at radius 3 is 2.30 bits per heavy atom. The summed E-state index contributed by atoms with van der Waals surface area (Å²) in [5.41, 5.74) is 5.24.